The third-order valence-corrected chi connectivity index (χ3v) is 3.98. The van der Waals surface area contributed by atoms with Crippen LogP contribution in [0.5, 0.6) is 0 Å². The second kappa shape index (κ2) is 5.38. The van der Waals surface area contributed by atoms with Crippen LogP contribution in [0.1, 0.15) is 11.1 Å². The maximum absolute atomic E-state index is 5.59. The zero-order chi connectivity index (χ0) is 13.1. The molecule has 3 aromatic rings. The van der Waals surface area contributed by atoms with Gasteiger partial charge >= 0.3 is 0 Å². The van der Waals surface area contributed by atoms with Crippen LogP contribution < -0.4 is 11.1 Å². The highest BCUT2D eigenvalue weighted by Gasteiger charge is 2.02. The first kappa shape index (κ1) is 12.1. The summed E-state index contributed by atoms with van der Waals surface area (Å²) in [5.41, 5.74) is 7.97. The highest BCUT2D eigenvalue weighted by molar-refractivity contribution is 7.17. The van der Waals surface area contributed by atoms with Crippen molar-refractivity contribution in [3.05, 3.63) is 59.1 Å². The average Bonchev–Trinajstić information content (AvgIpc) is 2.94. The zero-order valence-corrected chi connectivity index (χ0v) is 11.3. The van der Waals surface area contributed by atoms with Gasteiger partial charge in [0.15, 0.2) is 0 Å². The number of anilines is 1. The molecule has 0 aliphatic carbocycles. The third kappa shape index (κ3) is 2.59. The third-order valence-electron chi connectivity index (χ3n) is 3.10. The maximum Gasteiger partial charge on any atom is 0.134 e. The minimum Gasteiger partial charge on any atom is -0.365 e. The predicted molar refractivity (Wildman–Crippen MR) is 81.3 cm³/mol. The molecule has 3 rings (SSSR count). The zero-order valence-electron chi connectivity index (χ0n) is 10.5. The molecular weight excluding hydrogens is 254 g/mol. The summed E-state index contributed by atoms with van der Waals surface area (Å²) in [6.45, 7) is 1.36. The Hall–Kier alpha value is -1.91. The standard InChI is InChI=1S/C15H15N3S/c16-9-11-1-3-12(4-2-11)10-18-15-13-6-8-19-14(13)5-7-17-15/h1-8H,9-10,16H2,(H,17,18). The number of nitrogens with one attached hydrogen (secondary N) is 1. The van der Waals surface area contributed by atoms with E-state index < -0.39 is 0 Å². The summed E-state index contributed by atoms with van der Waals surface area (Å²) < 4.78 is 1.26. The number of nitrogens with two attached hydrogens (primary N) is 1. The Morgan fingerprint density at radius 3 is 2.63 bits per heavy atom. The lowest BCUT2D eigenvalue weighted by Crippen LogP contribution is -2.02. The summed E-state index contributed by atoms with van der Waals surface area (Å²) in [5, 5.41) is 6.67. The first-order valence-corrected chi connectivity index (χ1v) is 7.09. The van der Waals surface area contributed by atoms with Gasteiger partial charge in [0.2, 0.25) is 0 Å². The Labute approximate surface area is 116 Å². The van der Waals surface area contributed by atoms with E-state index in [0.717, 1.165) is 17.9 Å². The fourth-order valence-corrected chi connectivity index (χ4v) is 2.80. The topological polar surface area (TPSA) is 50.9 Å². The van der Waals surface area contributed by atoms with Crippen molar-refractivity contribution in [2.45, 2.75) is 13.1 Å². The normalized spacial score (nSPS) is 10.8. The van der Waals surface area contributed by atoms with Crippen LogP contribution in [0.3, 0.4) is 0 Å². The van der Waals surface area contributed by atoms with Crippen LogP contribution in [-0.4, -0.2) is 4.98 Å². The van der Waals surface area contributed by atoms with Crippen molar-refractivity contribution in [1.82, 2.24) is 4.98 Å². The number of rotatable bonds is 4. The molecule has 4 heteroatoms. The number of thiophene rings is 1. The van der Waals surface area contributed by atoms with Crippen LogP contribution in [0, 0.1) is 0 Å². The minimum atomic E-state index is 0.587. The van der Waals surface area contributed by atoms with Crippen LogP contribution in [0.25, 0.3) is 10.1 Å². The van der Waals surface area contributed by atoms with Gasteiger partial charge in [0.05, 0.1) is 0 Å². The second-order valence-electron chi connectivity index (χ2n) is 4.37. The molecule has 0 amide bonds. The van der Waals surface area contributed by atoms with Gasteiger partial charge in [-0.1, -0.05) is 24.3 Å². The molecule has 0 unspecified atom stereocenters. The molecule has 0 radical (unpaired) electrons. The molecule has 1 aromatic carbocycles. The van der Waals surface area contributed by atoms with Gasteiger partial charge in [0, 0.05) is 29.4 Å². The Bertz CT molecular complexity index is 673. The Morgan fingerprint density at radius 2 is 1.84 bits per heavy atom. The molecule has 0 spiro atoms. The van der Waals surface area contributed by atoms with Crippen LogP contribution in [0.2, 0.25) is 0 Å². The van der Waals surface area contributed by atoms with E-state index in [9.17, 15) is 0 Å². The molecule has 96 valence electrons. The quantitative estimate of drug-likeness (QED) is 0.763. The maximum atomic E-state index is 5.59. The molecule has 2 aromatic heterocycles. The SMILES string of the molecule is NCc1ccc(CNc2nccc3sccc23)cc1. The molecule has 0 bridgehead atoms. The van der Waals surface area contributed by atoms with Gasteiger partial charge in [0.1, 0.15) is 5.82 Å². The number of nitrogens with zero attached hydrogens (tertiary/aromatic N) is 1. The van der Waals surface area contributed by atoms with Gasteiger partial charge in [-0.15, -0.1) is 11.3 Å². The first-order valence-electron chi connectivity index (χ1n) is 6.21. The van der Waals surface area contributed by atoms with Crippen LogP contribution in [-0.2, 0) is 13.1 Å². The van der Waals surface area contributed by atoms with Crippen molar-refractivity contribution in [1.29, 1.82) is 0 Å². The molecule has 0 aliphatic heterocycles. The Kier molecular flexibility index (Phi) is 3.44. The molecule has 2 heterocycles. The molecule has 0 atom stereocenters. The first-order chi connectivity index (χ1) is 9.36. The van der Waals surface area contributed by atoms with Crippen LogP contribution in [0.4, 0.5) is 5.82 Å². The van der Waals surface area contributed by atoms with Crippen molar-refractivity contribution in [3.8, 4) is 0 Å². The van der Waals surface area contributed by atoms with Crippen molar-refractivity contribution >= 4 is 27.2 Å². The summed E-state index contributed by atoms with van der Waals surface area (Å²) in [6.07, 6.45) is 1.85. The van der Waals surface area contributed by atoms with Gasteiger partial charge in [-0.25, -0.2) is 4.98 Å². The lowest BCUT2D eigenvalue weighted by Gasteiger charge is -2.07. The van der Waals surface area contributed by atoms with E-state index in [2.05, 4.69) is 46.0 Å². The van der Waals surface area contributed by atoms with Gasteiger partial charge in [-0.3, -0.25) is 0 Å². The predicted octanol–water partition coefficient (Wildman–Crippen LogP) is 3.37. The number of aromatic nitrogens is 1. The number of hydrogen-bond donors (Lipinski definition) is 2. The van der Waals surface area contributed by atoms with E-state index in [1.54, 1.807) is 11.3 Å². The van der Waals surface area contributed by atoms with Gasteiger partial charge in [0.25, 0.3) is 0 Å². The molecule has 0 saturated heterocycles. The van der Waals surface area contributed by atoms with E-state index >= 15 is 0 Å². The van der Waals surface area contributed by atoms with Gasteiger partial charge in [-0.05, 0) is 28.6 Å². The van der Waals surface area contributed by atoms with E-state index in [4.69, 9.17) is 5.73 Å². The molecule has 19 heavy (non-hydrogen) atoms. The number of hydrogen-bond acceptors (Lipinski definition) is 4. The monoisotopic (exact) mass is 269 g/mol. The second-order valence-corrected chi connectivity index (χ2v) is 5.31. The fraction of sp³-hybridized carbons (Fsp3) is 0.133. The van der Waals surface area contributed by atoms with Gasteiger partial charge in [-0.2, -0.15) is 0 Å². The fourth-order valence-electron chi connectivity index (χ4n) is 2.01. The van der Waals surface area contributed by atoms with Gasteiger partial charge < -0.3 is 11.1 Å². The summed E-state index contributed by atoms with van der Waals surface area (Å²) in [7, 11) is 0. The smallest absolute Gasteiger partial charge is 0.134 e. The van der Waals surface area contributed by atoms with E-state index in [1.807, 2.05) is 12.3 Å². The highest BCUT2D eigenvalue weighted by atomic mass is 32.1. The van der Waals surface area contributed by atoms with Crippen LogP contribution in [0.15, 0.2) is 48.0 Å². The molecule has 0 saturated carbocycles. The Morgan fingerprint density at radius 1 is 1.05 bits per heavy atom. The largest absolute Gasteiger partial charge is 0.365 e. The summed E-state index contributed by atoms with van der Waals surface area (Å²) >= 11 is 1.73. The number of fused-ring (bicyclic) bond motifs is 1. The van der Waals surface area contributed by atoms with E-state index in [1.165, 1.54) is 15.6 Å². The summed E-state index contributed by atoms with van der Waals surface area (Å²) in [5.74, 6) is 0.946. The average molecular weight is 269 g/mol. The molecule has 0 aliphatic rings. The molecule has 0 fully saturated rings. The summed E-state index contributed by atoms with van der Waals surface area (Å²) in [6, 6.07) is 12.5. The minimum absolute atomic E-state index is 0.587. The lowest BCUT2D eigenvalue weighted by molar-refractivity contribution is 1.06. The lowest BCUT2D eigenvalue weighted by atomic mass is 10.1. The Balaban J connectivity index is 1.76. The molecule has 3 N–H and O–H groups in total. The van der Waals surface area contributed by atoms with Crippen molar-refractivity contribution in [2.75, 3.05) is 5.32 Å². The van der Waals surface area contributed by atoms with E-state index in [0.29, 0.717) is 6.54 Å². The number of pyridine rings is 1. The highest BCUT2D eigenvalue weighted by Crippen LogP contribution is 2.25. The van der Waals surface area contributed by atoms with Crippen molar-refractivity contribution < 1.29 is 0 Å². The molecule has 3 nitrogen and oxygen atoms in total. The molecular formula is C15H15N3S. The number of benzene rings is 1. The van der Waals surface area contributed by atoms with Crippen LogP contribution >= 0.6 is 11.3 Å². The van der Waals surface area contributed by atoms with Crippen molar-refractivity contribution in [3.63, 3.8) is 0 Å². The van der Waals surface area contributed by atoms with Crippen molar-refractivity contribution in [2.24, 2.45) is 5.73 Å². The summed E-state index contributed by atoms with van der Waals surface area (Å²) in [4.78, 5) is 4.40. The van der Waals surface area contributed by atoms with E-state index in [-0.39, 0.29) is 0 Å².